The molecule has 0 bridgehead atoms. The molecule has 1 N–H and O–H groups in total. The van der Waals surface area contributed by atoms with Gasteiger partial charge in [0.15, 0.2) is 0 Å². The van der Waals surface area contributed by atoms with Gasteiger partial charge in [0.05, 0.1) is 5.92 Å². The van der Waals surface area contributed by atoms with Crippen LogP contribution in [-0.4, -0.2) is 11.1 Å². The lowest BCUT2D eigenvalue weighted by Gasteiger charge is -2.12. The van der Waals surface area contributed by atoms with Crippen LogP contribution in [0.1, 0.15) is 31.2 Å². The molecule has 0 aliphatic heterocycles. The first-order chi connectivity index (χ1) is 6.66. The van der Waals surface area contributed by atoms with E-state index in [-0.39, 0.29) is 0 Å². The number of hydrogen-bond donors (Lipinski definition) is 1. The molecule has 0 aliphatic carbocycles. The second-order valence-corrected chi connectivity index (χ2v) is 3.61. The smallest absolute Gasteiger partial charge is 0.311 e. The van der Waals surface area contributed by atoms with Gasteiger partial charge in [-0.25, -0.2) is 0 Å². The molecule has 0 radical (unpaired) electrons. The lowest BCUT2D eigenvalue weighted by atomic mass is 9.95. The van der Waals surface area contributed by atoms with E-state index in [9.17, 15) is 4.79 Å². The van der Waals surface area contributed by atoms with Crippen molar-refractivity contribution in [1.29, 1.82) is 0 Å². The normalized spacial score (nSPS) is 12.4. The molecule has 2 nitrogen and oxygen atoms in total. The zero-order valence-corrected chi connectivity index (χ0v) is 8.79. The van der Waals surface area contributed by atoms with E-state index in [2.05, 4.69) is 0 Å². The highest BCUT2D eigenvalue weighted by Gasteiger charge is 2.20. The Hall–Kier alpha value is -1.02. The molecule has 0 aromatic heterocycles. The summed E-state index contributed by atoms with van der Waals surface area (Å²) in [5.74, 6) is -1.28. The summed E-state index contributed by atoms with van der Waals surface area (Å²) < 4.78 is 0. The van der Waals surface area contributed by atoms with Gasteiger partial charge in [-0.05, 0) is 18.1 Å². The van der Waals surface area contributed by atoms with Crippen molar-refractivity contribution in [1.82, 2.24) is 0 Å². The molecule has 0 spiro atoms. The molecular formula is C11H13ClO2. The van der Waals surface area contributed by atoms with E-state index in [0.717, 1.165) is 6.42 Å². The lowest BCUT2D eigenvalue weighted by molar-refractivity contribution is -0.139. The van der Waals surface area contributed by atoms with Crippen LogP contribution in [0.3, 0.4) is 0 Å². The second-order valence-electron chi connectivity index (χ2n) is 3.20. The fourth-order valence-corrected chi connectivity index (χ4v) is 1.73. The van der Waals surface area contributed by atoms with E-state index in [1.807, 2.05) is 13.0 Å². The van der Waals surface area contributed by atoms with Crippen molar-refractivity contribution in [2.45, 2.75) is 25.7 Å². The largest absolute Gasteiger partial charge is 0.481 e. The number of aliphatic carboxylic acids is 1. The van der Waals surface area contributed by atoms with Crippen LogP contribution in [0.25, 0.3) is 0 Å². The standard InChI is InChI=1S/C11H13ClO2/c1-2-5-9(11(13)14)8-6-3-4-7-10(8)12/h3-4,6-7,9H,2,5H2,1H3,(H,13,14). The maximum atomic E-state index is 11.0. The van der Waals surface area contributed by atoms with E-state index in [0.29, 0.717) is 17.0 Å². The third-order valence-corrected chi connectivity index (χ3v) is 2.50. The number of carbonyl (C=O) groups is 1. The highest BCUT2D eigenvalue weighted by atomic mass is 35.5. The Morgan fingerprint density at radius 3 is 2.64 bits per heavy atom. The molecule has 0 amide bonds. The average Bonchev–Trinajstić information content (AvgIpc) is 2.15. The van der Waals surface area contributed by atoms with Crippen molar-refractivity contribution in [2.75, 3.05) is 0 Å². The monoisotopic (exact) mass is 212 g/mol. The van der Waals surface area contributed by atoms with E-state index >= 15 is 0 Å². The zero-order valence-electron chi connectivity index (χ0n) is 8.03. The molecule has 1 aromatic rings. The summed E-state index contributed by atoms with van der Waals surface area (Å²) >= 11 is 5.94. The van der Waals surface area contributed by atoms with Gasteiger partial charge in [-0.3, -0.25) is 4.79 Å². The summed E-state index contributed by atoms with van der Waals surface area (Å²) in [4.78, 5) is 11.0. The fourth-order valence-electron chi connectivity index (χ4n) is 1.46. The van der Waals surface area contributed by atoms with E-state index in [4.69, 9.17) is 16.7 Å². The third-order valence-electron chi connectivity index (χ3n) is 2.16. The fraction of sp³-hybridized carbons (Fsp3) is 0.364. The van der Waals surface area contributed by atoms with Crippen LogP contribution < -0.4 is 0 Å². The van der Waals surface area contributed by atoms with Gasteiger partial charge >= 0.3 is 5.97 Å². The zero-order chi connectivity index (χ0) is 10.6. The van der Waals surface area contributed by atoms with Crippen molar-refractivity contribution in [3.8, 4) is 0 Å². The second kappa shape index (κ2) is 5.01. The highest BCUT2D eigenvalue weighted by molar-refractivity contribution is 6.31. The summed E-state index contributed by atoms with van der Waals surface area (Å²) in [6, 6.07) is 7.11. The number of carboxylic acid groups (broad SMARTS) is 1. The Balaban J connectivity index is 2.99. The molecule has 1 rings (SSSR count). The van der Waals surface area contributed by atoms with Crippen molar-refractivity contribution in [3.05, 3.63) is 34.9 Å². The third kappa shape index (κ3) is 2.48. The predicted molar refractivity (Wildman–Crippen MR) is 56.7 cm³/mol. The van der Waals surface area contributed by atoms with Gasteiger partial charge < -0.3 is 5.11 Å². The first-order valence-electron chi connectivity index (χ1n) is 4.64. The SMILES string of the molecule is CCCC(C(=O)O)c1ccccc1Cl. The van der Waals surface area contributed by atoms with E-state index < -0.39 is 11.9 Å². The number of benzene rings is 1. The maximum absolute atomic E-state index is 11.0. The topological polar surface area (TPSA) is 37.3 Å². The van der Waals surface area contributed by atoms with Gasteiger partial charge in [-0.2, -0.15) is 0 Å². The molecule has 0 aliphatic rings. The highest BCUT2D eigenvalue weighted by Crippen LogP contribution is 2.27. The molecule has 1 unspecified atom stereocenters. The lowest BCUT2D eigenvalue weighted by Crippen LogP contribution is -2.11. The van der Waals surface area contributed by atoms with Crippen LogP contribution in [-0.2, 0) is 4.79 Å². The quantitative estimate of drug-likeness (QED) is 0.832. The molecule has 0 heterocycles. The number of carboxylic acids is 1. The van der Waals surface area contributed by atoms with Crippen LogP contribution in [0, 0.1) is 0 Å². The molecule has 1 aromatic carbocycles. The molecule has 3 heteroatoms. The van der Waals surface area contributed by atoms with Crippen molar-refractivity contribution >= 4 is 17.6 Å². The Labute approximate surface area is 88.5 Å². The Morgan fingerprint density at radius 2 is 2.14 bits per heavy atom. The number of hydrogen-bond acceptors (Lipinski definition) is 1. The first kappa shape index (κ1) is 11.1. The molecule has 0 saturated carbocycles. The van der Waals surface area contributed by atoms with Crippen molar-refractivity contribution in [3.63, 3.8) is 0 Å². The first-order valence-corrected chi connectivity index (χ1v) is 5.01. The summed E-state index contributed by atoms with van der Waals surface area (Å²) in [6.45, 7) is 1.97. The molecular weight excluding hydrogens is 200 g/mol. The van der Waals surface area contributed by atoms with E-state index in [1.165, 1.54) is 0 Å². The Kier molecular flexibility index (Phi) is 3.96. The minimum Gasteiger partial charge on any atom is -0.481 e. The van der Waals surface area contributed by atoms with Crippen molar-refractivity contribution in [2.24, 2.45) is 0 Å². The van der Waals surface area contributed by atoms with Crippen molar-refractivity contribution < 1.29 is 9.90 Å². The molecule has 0 saturated heterocycles. The van der Waals surface area contributed by atoms with Crippen LogP contribution in [0.4, 0.5) is 0 Å². The molecule has 1 atom stereocenters. The summed E-state index contributed by atoms with van der Waals surface area (Å²) in [7, 11) is 0. The average molecular weight is 213 g/mol. The van der Waals surface area contributed by atoms with Gasteiger partial charge in [-0.15, -0.1) is 0 Å². The Morgan fingerprint density at radius 1 is 1.50 bits per heavy atom. The molecule has 14 heavy (non-hydrogen) atoms. The minimum absolute atomic E-state index is 0.478. The van der Waals surface area contributed by atoms with Crippen LogP contribution in [0.15, 0.2) is 24.3 Å². The maximum Gasteiger partial charge on any atom is 0.311 e. The van der Waals surface area contributed by atoms with Gasteiger partial charge in [0.25, 0.3) is 0 Å². The Bertz CT molecular complexity index is 323. The molecule has 0 fully saturated rings. The molecule has 76 valence electrons. The van der Waals surface area contributed by atoms with Gasteiger partial charge in [0, 0.05) is 5.02 Å². The van der Waals surface area contributed by atoms with Gasteiger partial charge in [0.2, 0.25) is 0 Å². The van der Waals surface area contributed by atoms with Crippen LogP contribution >= 0.6 is 11.6 Å². The van der Waals surface area contributed by atoms with Crippen LogP contribution in [0.5, 0.6) is 0 Å². The van der Waals surface area contributed by atoms with E-state index in [1.54, 1.807) is 18.2 Å². The minimum atomic E-state index is -0.806. The number of rotatable bonds is 4. The summed E-state index contributed by atoms with van der Waals surface area (Å²) in [5.41, 5.74) is 0.712. The van der Waals surface area contributed by atoms with Crippen LogP contribution in [0.2, 0.25) is 5.02 Å². The number of halogens is 1. The predicted octanol–water partition coefficient (Wildman–Crippen LogP) is 3.31. The summed E-state index contributed by atoms with van der Waals surface area (Å²) in [5, 5.41) is 9.56. The summed E-state index contributed by atoms with van der Waals surface area (Å²) in [6.07, 6.45) is 1.46. The van der Waals surface area contributed by atoms with Gasteiger partial charge in [-0.1, -0.05) is 43.1 Å². The van der Waals surface area contributed by atoms with Gasteiger partial charge in [0.1, 0.15) is 0 Å².